The van der Waals surface area contributed by atoms with Crippen molar-refractivity contribution in [2.75, 3.05) is 6.54 Å². The van der Waals surface area contributed by atoms with Crippen LogP contribution in [0, 0.1) is 17.8 Å². The van der Waals surface area contributed by atoms with E-state index >= 15 is 0 Å². The molecule has 2 aromatic rings. The van der Waals surface area contributed by atoms with Crippen LogP contribution in [0.15, 0.2) is 21.3 Å². The molecule has 0 spiro atoms. The van der Waals surface area contributed by atoms with Gasteiger partial charge in [0.25, 0.3) is 11.9 Å². The Morgan fingerprint density at radius 1 is 1.42 bits per heavy atom. The predicted octanol–water partition coefficient (Wildman–Crippen LogP) is 1.94. The van der Waals surface area contributed by atoms with Crippen LogP contribution in [0.4, 0.5) is 4.39 Å². The number of hydrogen-bond donors (Lipinski definition) is 1. The minimum absolute atomic E-state index is 0.0186. The molecule has 0 aromatic carbocycles. The van der Waals surface area contributed by atoms with Gasteiger partial charge in [0.05, 0.1) is 6.04 Å². The maximum atomic E-state index is 13.1. The highest BCUT2D eigenvalue weighted by atomic mass is 19.1. The Morgan fingerprint density at radius 3 is 2.83 bits per heavy atom. The molecule has 2 fully saturated rings. The zero-order valence-corrected chi connectivity index (χ0v) is 13.4. The highest BCUT2D eigenvalue weighted by molar-refractivity contribution is 5.92. The van der Waals surface area contributed by atoms with Crippen LogP contribution < -0.4 is 5.69 Å². The molecule has 1 aliphatic carbocycles. The van der Waals surface area contributed by atoms with Crippen LogP contribution in [0.3, 0.4) is 0 Å². The highest BCUT2D eigenvalue weighted by Gasteiger charge is 2.48. The molecular weight excluding hydrogens is 315 g/mol. The molecule has 1 N–H and O–H groups in total. The number of H-pyrrole nitrogens is 1. The van der Waals surface area contributed by atoms with Crippen molar-refractivity contribution in [1.82, 2.24) is 19.7 Å². The number of nitrogens with zero attached hydrogens (tertiary/aromatic N) is 3. The highest BCUT2D eigenvalue weighted by Crippen LogP contribution is 2.50. The van der Waals surface area contributed by atoms with Crippen LogP contribution in [0.1, 0.15) is 48.6 Å². The molecule has 2 unspecified atom stereocenters. The first-order valence-corrected chi connectivity index (χ1v) is 8.31. The molecular formula is C16H19FN4O3. The number of amides is 1. The normalized spacial score (nSPS) is 23.8. The van der Waals surface area contributed by atoms with Crippen molar-refractivity contribution in [3.8, 4) is 0 Å². The summed E-state index contributed by atoms with van der Waals surface area (Å²) in [5, 5.41) is 6.67. The molecule has 1 aliphatic heterocycles. The van der Waals surface area contributed by atoms with E-state index in [2.05, 4.69) is 10.2 Å². The predicted molar refractivity (Wildman–Crippen MR) is 81.8 cm³/mol. The minimum atomic E-state index is -0.780. The van der Waals surface area contributed by atoms with Crippen LogP contribution in [-0.4, -0.2) is 32.1 Å². The largest absolute Gasteiger partial charge is 0.426 e. The van der Waals surface area contributed by atoms with E-state index in [4.69, 9.17) is 4.42 Å². The summed E-state index contributed by atoms with van der Waals surface area (Å²) in [7, 11) is 0. The first-order valence-electron chi connectivity index (χ1n) is 8.31. The minimum Gasteiger partial charge on any atom is -0.426 e. The number of furan rings is 1. The van der Waals surface area contributed by atoms with Gasteiger partial charge in [-0.3, -0.25) is 9.36 Å². The van der Waals surface area contributed by atoms with Gasteiger partial charge in [0, 0.05) is 19.2 Å². The van der Waals surface area contributed by atoms with E-state index in [0.29, 0.717) is 24.8 Å². The number of hydrogen-bond acceptors (Lipinski definition) is 4. The molecule has 2 atom stereocenters. The van der Waals surface area contributed by atoms with Crippen molar-refractivity contribution in [3.63, 3.8) is 0 Å². The number of carbonyl (C=O) groups is 1. The van der Waals surface area contributed by atoms with Gasteiger partial charge in [-0.05, 0) is 44.1 Å². The summed E-state index contributed by atoms with van der Waals surface area (Å²) >= 11 is 0. The number of halogens is 1. The maximum absolute atomic E-state index is 13.1. The van der Waals surface area contributed by atoms with E-state index in [-0.39, 0.29) is 29.3 Å². The smallest absolute Gasteiger partial charge is 0.343 e. The summed E-state index contributed by atoms with van der Waals surface area (Å²) in [6.07, 6.45) is 3.13. The quantitative estimate of drug-likeness (QED) is 0.926. The molecule has 3 heterocycles. The summed E-state index contributed by atoms with van der Waals surface area (Å²) in [6, 6.07) is 1.42. The number of likely N-dealkylation sites (tertiary alicyclic amines) is 1. The van der Waals surface area contributed by atoms with Crippen LogP contribution in [0.25, 0.3) is 0 Å². The molecule has 1 amide bonds. The molecule has 0 radical (unpaired) electrons. The molecule has 128 valence electrons. The van der Waals surface area contributed by atoms with E-state index in [9.17, 15) is 14.0 Å². The Hall–Kier alpha value is -2.38. The lowest BCUT2D eigenvalue weighted by Gasteiger charge is -2.27. The molecule has 2 aromatic heterocycles. The van der Waals surface area contributed by atoms with Gasteiger partial charge < -0.3 is 9.32 Å². The lowest BCUT2D eigenvalue weighted by atomic mass is 9.94. The summed E-state index contributed by atoms with van der Waals surface area (Å²) in [5.74, 6) is 1.03. The fourth-order valence-corrected chi connectivity index (χ4v) is 3.82. The first kappa shape index (κ1) is 15.2. The van der Waals surface area contributed by atoms with Crippen molar-refractivity contribution in [2.45, 2.75) is 38.8 Å². The van der Waals surface area contributed by atoms with Crippen molar-refractivity contribution in [3.05, 3.63) is 40.2 Å². The lowest BCUT2D eigenvalue weighted by molar-refractivity contribution is 0.0659. The summed E-state index contributed by atoms with van der Waals surface area (Å²) < 4.78 is 19.6. The van der Waals surface area contributed by atoms with Gasteiger partial charge in [-0.25, -0.2) is 9.89 Å². The van der Waals surface area contributed by atoms with Gasteiger partial charge in [0.1, 0.15) is 0 Å². The van der Waals surface area contributed by atoms with Gasteiger partial charge in [-0.2, -0.15) is 9.49 Å². The number of aromatic nitrogens is 3. The van der Waals surface area contributed by atoms with Crippen molar-refractivity contribution >= 4 is 5.91 Å². The second-order valence-corrected chi connectivity index (χ2v) is 6.47. The summed E-state index contributed by atoms with van der Waals surface area (Å²) in [5.41, 5.74) is -0.273. The summed E-state index contributed by atoms with van der Waals surface area (Å²) in [4.78, 5) is 26.4. The second kappa shape index (κ2) is 5.61. The zero-order chi connectivity index (χ0) is 16.8. The van der Waals surface area contributed by atoms with E-state index in [0.717, 1.165) is 25.3 Å². The van der Waals surface area contributed by atoms with E-state index in [1.165, 1.54) is 6.07 Å². The Labute approximate surface area is 137 Å². The molecule has 0 bridgehead atoms. The lowest BCUT2D eigenvalue weighted by Crippen LogP contribution is -2.35. The standard InChI is InChI=1S/C16H19FN4O3/c1-2-20-14(18-19-16(20)23)13-10(9-3-4-9)7-8-21(13)15(22)11-5-6-12(17)24-11/h5-6,9-10,13H,2-4,7-8H2,1H3,(H,19,23). The molecule has 2 aliphatic rings. The number of aromatic amines is 1. The molecule has 8 heteroatoms. The number of nitrogens with one attached hydrogen (secondary N) is 1. The zero-order valence-electron chi connectivity index (χ0n) is 13.4. The molecule has 7 nitrogen and oxygen atoms in total. The van der Waals surface area contributed by atoms with Gasteiger partial charge in [-0.1, -0.05) is 0 Å². The molecule has 24 heavy (non-hydrogen) atoms. The van der Waals surface area contributed by atoms with Gasteiger partial charge in [-0.15, -0.1) is 0 Å². The van der Waals surface area contributed by atoms with Crippen LogP contribution in [-0.2, 0) is 6.54 Å². The Kier molecular flexibility index (Phi) is 3.54. The van der Waals surface area contributed by atoms with Crippen LogP contribution in [0.5, 0.6) is 0 Å². The molecule has 4 rings (SSSR count). The Morgan fingerprint density at radius 2 is 2.21 bits per heavy atom. The number of rotatable bonds is 4. The van der Waals surface area contributed by atoms with Crippen molar-refractivity contribution in [1.29, 1.82) is 0 Å². The van der Waals surface area contributed by atoms with E-state index in [1.807, 2.05) is 6.92 Å². The average molecular weight is 334 g/mol. The topological polar surface area (TPSA) is 84.1 Å². The Balaban J connectivity index is 1.72. The van der Waals surface area contributed by atoms with Gasteiger partial charge in [0.15, 0.2) is 11.6 Å². The van der Waals surface area contributed by atoms with Gasteiger partial charge >= 0.3 is 5.69 Å². The Bertz CT molecular complexity index is 819. The third-order valence-corrected chi connectivity index (χ3v) is 5.09. The molecule has 1 saturated heterocycles. The third-order valence-electron chi connectivity index (χ3n) is 5.09. The first-order chi connectivity index (χ1) is 11.6. The second-order valence-electron chi connectivity index (χ2n) is 6.47. The number of carbonyl (C=O) groups excluding carboxylic acids is 1. The molecule has 1 saturated carbocycles. The van der Waals surface area contributed by atoms with Crippen LogP contribution in [0.2, 0.25) is 0 Å². The van der Waals surface area contributed by atoms with E-state index in [1.54, 1.807) is 9.47 Å². The van der Waals surface area contributed by atoms with Crippen molar-refractivity contribution < 1.29 is 13.6 Å². The van der Waals surface area contributed by atoms with Crippen molar-refractivity contribution in [2.24, 2.45) is 11.8 Å². The monoisotopic (exact) mass is 334 g/mol. The summed E-state index contributed by atoms with van der Waals surface area (Å²) in [6.45, 7) is 2.91. The fraction of sp³-hybridized carbons (Fsp3) is 0.562. The maximum Gasteiger partial charge on any atom is 0.343 e. The fourth-order valence-electron chi connectivity index (χ4n) is 3.82. The SMILES string of the molecule is CCn1c(C2C(C3CC3)CCN2C(=O)c2ccc(F)o2)n[nH]c1=O. The average Bonchev–Trinajstić information content (AvgIpc) is 3.01. The van der Waals surface area contributed by atoms with E-state index < -0.39 is 6.01 Å². The van der Waals surface area contributed by atoms with Gasteiger partial charge in [0.2, 0.25) is 0 Å². The van der Waals surface area contributed by atoms with Crippen LogP contribution >= 0.6 is 0 Å². The third kappa shape index (κ3) is 2.37.